The van der Waals surface area contributed by atoms with E-state index in [1.54, 1.807) is 0 Å². The predicted molar refractivity (Wildman–Crippen MR) is 108 cm³/mol. The highest BCUT2D eigenvalue weighted by Gasteiger charge is 2.29. The van der Waals surface area contributed by atoms with Crippen molar-refractivity contribution in [1.29, 1.82) is 0 Å². The molecule has 0 radical (unpaired) electrons. The predicted octanol–water partition coefficient (Wildman–Crippen LogP) is 3.73. The maximum atomic E-state index is 12.6. The van der Waals surface area contributed by atoms with Crippen molar-refractivity contribution in [2.24, 2.45) is 5.92 Å². The highest BCUT2D eigenvalue weighted by Crippen LogP contribution is 2.24. The molecule has 1 aliphatic carbocycles. The van der Waals surface area contributed by atoms with Crippen molar-refractivity contribution in [3.63, 3.8) is 0 Å². The highest BCUT2D eigenvalue weighted by atomic mass is 16.2. The van der Waals surface area contributed by atoms with Gasteiger partial charge in [-0.05, 0) is 38.2 Å². The van der Waals surface area contributed by atoms with Crippen LogP contribution in [0.3, 0.4) is 0 Å². The Morgan fingerprint density at radius 1 is 1.00 bits per heavy atom. The molecule has 4 rings (SSSR count). The van der Waals surface area contributed by atoms with Crippen LogP contribution in [-0.2, 0) is 4.79 Å². The number of amides is 1. The molecule has 5 nitrogen and oxygen atoms in total. The second-order valence-corrected chi connectivity index (χ2v) is 7.91. The van der Waals surface area contributed by atoms with Crippen LogP contribution in [0, 0.1) is 12.8 Å². The van der Waals surface area contributed by atoms with Crippen LogP contribution in [-0.4, -0.2) is 35.0 Å². The Morgan fingerprint density at radius 2 is 1.70 bits per heavy atom. The second-order valence-electron chi connectivity index (χ2n) is 7.91. The number of aromatic nitrogens is 2. The lowest BCUT2D eigenvalue weighted by molar-refractivity contribution is -0.125. The molecule has 1 saturated heterocycles. The lowest BCUT2D eigenvalue weighted by Crippen LogP contribution is -2.45. The van der Waals surface area contributed by atoms with Crippen LogP contribution in [0.4, 0.5) is 5.95 Å². The first-order valence-corrected chi connectivity index (χ1v) is 10.1. The number of anilines is 1. The summed E-state index contributed by atoms with van der Waals surface area (Å²) in [5.74, 6) is 0.979. The van der Waals surface area contributed by atoms with Crippen LogP contribution in [0.25, 0.3) is 11.1 Å². The van der Waals surface area contributed by atoms with Crippen molar-refractivity contribution in [2.45, 2.75) is 51.5 Å². The number of hydrogen-bond acceptors (Lipinski definition) is 4. The Morgan fingerprint density at radius 3 is 2.41 bits per heavy atom. The molecule has 1 aromatic carbocycles. The molecule has 2 fully saturated rings. The number of carbonyl (C=O) groups excluding carboxylic acids is 1. The molecule has 2 aromatic rings. The molecule has 2 aliphatic rings. The van der Waals surface area contributed by atoms with Gasteiger partial charge in [0.25, 0.3) is 0 Å². The van der Waals surface area contributed by atoms with Gasteiger partial charge in [0.2, 0.25) is 11.9 Å². The zero-order valence-electron chi connectivity index (χ0n) is 16.0. The number of nitrogens with zero attached hydrogens (tertiary/aromatic N) is 3. The fraction of sp³-hybridized carbons (Fsp3) is 0.500. The molecule has 1 amide bonds. The topological polar surface area (TPSA) is 58.1 Å². The number of benzene rings is 1. The first-order chi connectivity index (χ1) is 13.2. The summed E-state index contributed by atoms with van der Waals surface area (Å²) in [6.07, 6.45) is 10.5. The summed E-state index contributed by atoms with van der Waals surface area (Å²) in [6.45, 7) is 3.71. The number of hydrogen-bond donors (Lipinski definition) is 1. The van der Waals surface area contributed by atoms with Crippen LogP contribution < -0.4 is 10.2 Å². The zero-order valence-corrected chi connectivity index (χ0v) is 16.0. The molecular weight excluding hydrogens is 336 g/mol. The summed E-state index contributed by atoms with van der Waals surface area (Å²) in [7, 11) is 0. The average molecular weight is 364 g/mol. The van der Waals surface area contributed by atoms with Gasteiger partial charge in [0.1, 0.15) is 0 Å². The van der Waals surface area contributed by atoms with Gasteiger partial charge < -0.3 is 10.2 Å². The molecule has 1 N–H and O–H groups in total. The Balaban J connectivity index is 1.40. The van der Waals surface area contributed by atoms with Gasteiger partial charge >= 0.3 is 0 Å². The molecule has 1 unspecified atom stereocenters. The number of piperidine rings is 1. The van der Waals surface area contributed by atoms with Gasteiger partial charge in [-0.15, -0.1) is 0 Å². The van der Waals surface area contributed by atoms with Gasteiger partial charge in [0.05, 0.1) is 5.92 Å². The van der Waals surface area contributed by atoms with Gasteiger partial charge in [0.15, 0.2) is 0 Å². The third-order valence-corrected chi connectivity index (χ3v) is 5.80. The maximum absolute atomic E-state index is 12.6. The summed E-state index contributed by atoms with van der Waals surface area (Å²) in [5.41, 5.74) is 3.39. The first-order valence-electron chi connectivity index (χ1n) is 10.1. The van der Waals surface area contributed by atoms with Crippen LogP contribution in [0.1, 0.15) is 44.1 Å². The third kappa shape index (κ3) is 4.29. The van der Waals surface area contributed by atoms with Crippen molar-refractivity contribution in [2.75, 3.05) is 18.0 Å². The van der Waals surface area contributed by atoms with E-state index in [9.17, 15) is 4.79 Å². The van der Waals surface area contributed by atoms with Crippen molar-refractivity contribution < 1.29 is 4.79 Å². The van der Waals surface area contributed by atoms with E-state index in [4.69, 9.17) is 0 Å². The Hall–Kier alpha value is -2.43. The second kappa shape index (κ2) is 8.07. The Labute approximate surface area is 161 Å². The number of nitrogens with one attached hydrogen (secondary N) is 1. The first kappa shape index (κ1) is 18.0. The van der Waals surface area contributed by atoms with Crippen LogP contribution in [0.2, 0.25) is 0 Å². The SMILES string of the molecule is Cc1ccc(-c2cnc(N3CCCC(C(=O)NC4CCCC4)C3)nc2)cc1. The van der Waals surface area contributed by atoms with E-state index in [0.717, 1.165) is 49.3 Å². The van der Waals surface area contributed by atoms with Crippen LogP contribution >= 0.6 is 0 Å². The summed E-state index contributed by atoms with van der Waals surface area (Å²) in [5, 5.41) is 3.25. The number of aryl methyl sites for hydroxylation is 1. The van der Waals surface area contributed by atoms with E-state index < -0.39 is 0 Å². The molecule has 5 heteroatoms. The summed E-state index contributed by atoms with van der Waals surface area (Å²) in [4.78, 5) is 23.9. The average Bonchev–Trinajstić information content (AvgIpc) is 3.22. The quantitative estimate of drug-likeness (QED) is 0.898. The summed E-state index contributed by atoms with van der Waals surface area (Å²) >= 11 is 0. The molecule has 142 valence electrons. The Kier molecular flexibility index (Phi) is 5.37. The van der Waals surface area contributed by atoms with Gasteiger partial charge in [-0.1, -0.05) is 42.7 Å². The molecule has 27 heavy (non-hydrogen) atoms. The van der Waals surface area contributed by atoms with Crippen LogP contribution in [0.15, 0.2) is 36.7 Å². The van der Waals surface area contributed by atoms with E-state index in [1.807, 2.05) is 12.4 Å². The minimum atomic E-state index is 0.0414. The van der Waals surface area contributed by atoms with Gasteiger partial charge in [-0.3, -0.25) is 4.79 Å². The molecule has 0 spiro atoms. The van der Waals surface area contributed by atoms with E-state index in [1.165, 1.54) is 18.4 Å². The molecule has 1 aliphatic heterocycles. The molecule has 0 bridgehead atoms. The minimum Gasteiger partial charge on any atom is -0.353 e. The maximum Gasteiger partial charge on any atom is 0.225 e. The van der Waals surface area contributed by atoms with Crippen molar-refractivity contribution >= 4 is 11.9 Å². The molecule has 2 heterocycles. The zero-order chi connectivity index (χ0) is 18.6. The molecule has 1 saturated carbocycles. The van der Waals surface area contributed by atoms with E-state index >= 15 is 0 Å². The van der Waals surface area contributed by atoms with Crippen molar-refractivity contribution in [3.05, 3.63) is 42.2 Å². The van der Waals surface area contributed by atoms with Gasteiger partial charge in [-0.2, -0.15) is 0 Å². The normalized spacial score (nSPS) is 20.6. The van der Waals surface area contributed by atoms with Crippen molar-refractivity contribution in [1.82, 2.24) is 15.3 Å². The van der Waals surface area contributed by atoms with E-state index in [2.05, 4.69) is 51.4 Å². The van der Waals surface area contributed by atoms with Gasteiger partial charge in [0, 0.05) is 37.1 Å². The molecule has 1 atom stereocenters. The Bertz CT molecular complexity index is 766. The summed E-state index contributed by atoms with van der Waals surface area (Å²) in [6, 6.07) is 8.77. The smallest absolute Gasteiger partial charge is 0.225 e. The number of carbonyl (C=O) groups is 1. The third-order valence-electron chi connectivity index (χ3n) is 5.80. The monoisotopic (exact) mass is 364 g/mol. The van der Waals surface area contributed by atoms with Gasteiger partial charge in [-0.25, -0.2) is 9.97 Å². The lowest BCUT2D eigenvalue weighted by atomic mass is 9.97. The fourth-order valence-corrected chi connectivity index (χ4v) is 4.14. The fourth-order valence-electron chi connectivity index (χ4n) is 4.14. The molecular formula is C22H28N4O. The highest BCUT2D eigenvalue weighted by molar-refractivity contribution is 5.79. The molecule has 1 aromatic heterocycles. The van der Waals surface area contributed by atoms with Crippen molar-refractivity contribution in [3.8, 4) is 11.1 Å². The lowest BCUT2D eigenvalue weighted by Gasteiger charge is -2.32. The summed E-state index contributed by atoms with van der Waals surface area (Å²) < 4.78 is 0. The standard InChI is InChI=1S/C22H28N4O/c1-16-8-10-17(11-9-16)19-13-23-22(24-14-19)26-12-4-5-18(15-26)21(27)25-20-6-2-3-7-20/h8-11,13-14,18,20H,2-7,12,15H2,1H3,(H,25,27). The minimum absolute atomic E-state index is 0.0414. The largest absolute Gasteiger partial charge is 0.353 e. The van der Waals surface area contributed by atoms with E-state index in [0.29, 0.717) is 12.6 Å². The number of rotatable bonds is 4. The van der Waals surface area contributed by atoms with E-state index in [-0.39, 0.29) is 11.8 Å². The van der Waals surface area contributed by atoms with Crippen LogP contribution in [0.5, 0.6) is 0 Å².